The van der Waals surface area contributed by atoms with Crippen LogP contribution in [0.2, 0.25) is 0 Å². The van der Waals surface area contributed by atoms with Crippen molar-refractivity contribution in [1.82, 2.24) is 4.90 Å². The second-order valence-electron chi connectivity index (χ2n) is 2.77. The Morgan fingerprint density at radius 1 is 1.69 bits per heavy atom. The van der Waals surface area contributed by atoms with Crippen molar-refractivity contribution in [2.24, 2.45) is 0 Å². The first kappa shape index (κ1) is 10.5. The van der Waals surface area contributed by atoms with Gasteiger partial charge in [0.1, 0.15) is 0 Å². The third kappa shape index (κ3) is 3.36. The zero-order chi connectivity index (χ0) is 9.68. The van der Waals surface area contributed by atoms with Crippen LogP contribution < -0.4 is 0 Å². The topological polar surface area (TPSA) is 20.3 Å². The Hall–Kier alpha value is -0.540. The normalized spacial score (nSPS) is 10.0. The summed E-state index contributed by atoms with van der Waals surface area (Å²) in [6.07, 6.45) is 0.420. The van der Waals surface area contributed by atoms with E-state index in [2.05, 4.69) is 0 Å². The Bertz CT molecular complexity index is 261. The maximum atomic E-state index is 11.3. The lowest BCUT2D eigenvalue weighted by Crippen LogP contribution is -2.25. The van der Waals surface area contributed by atoms with E-state index in [1.165, 1.54) is 4.88 Å². The fourth-order valence-electron chi connectivity index (χ4n) is 0.996. The van der Waals surface area contributed by atoms with E-state index in [-0.39, 0.29) is 5.91 Å². The highest BCUT2D eigenvalue weighted by molar-refractivity contribution is 7.09. The van der Waals surface area contributed by atoms with Gasteiger partial charge in [0.2, 0.25) is 5.91 Å². The number of thiophene rings is 1. The van der Waals surface area contributed by atoms with Crippen LogP contribution in [0.3, 0.4) is 0 Å². The SMILES string of the molecule is CN(Cc1cccs1)C(=O)CCCl. The van der Waals surface area contributed by atoms with E-state index in [0.717, 1.165) is 0 Å². The highest BCUT2D eigenvalue weighted by Gasteiger charge is 2.08. The number of hydrogen-bond acceptors (Lipinski definition) is 2. The van der Waals surface area contributed by atoms with Crippen LogP contribution in [0.15, 0.2) is 17.5 Å². The molecule has 0 N–H and O–H groups in total. The summed E-state index contributed by atoms with van der Waals surface area (Å²) in [4.78, 5) is 14.2. The number of rotatable bonds is 4. The van der Waals surface area contributed by atoms with E-state index in [4.69, 9.17) is 11.6 Å². The minimum atomic E-state index is 0.100. The average Bonchev–Trinajstić information content (AvgIpc) is 2.57. The Balaban J connectivity index is 2.41. The Morgan fingerprint density at radius 2 is 2.46 bits per heavy atom. The van der Waals surface area contributed by atoms with Gasteiger partial charge in [0.05, 0.1) is 6.54 Å². The number of alkyl halides is 1. The van der Waals surface area contributed by atoms with Crippen LogP contribution in [0, 0.1) is 0 Å². The molecular formula is C9H12ClNOS. The summed E-state index contributed by atoms with van der Waals surface area (Å²) in [5.41, 5.74) is 0. The lowest BCUT2D eigenvalue weighted by Gasteiger charge is -2.15. The van der Waals surface area contributed by atoms with Crippen molar-refractivity contribution in [2.75, 3.05) is 12.9 Å². The summed E-state index contributed by atoms with van der Waals surface area (Å²) in [5, 5.41) is 2.01. The molecule has 0 saturated carbocycles. The molecule has 0 aliphatic rings. The molecule has 1 amide bonds. The number of hydrogen-bond donors (Lipinski definition) is 0. The van der Waals surface area contributed by atoms with Crippen molar-refractivity contribution in [3.8, 4) is 0 Å². The van der Waals surface area contributed by atoms with E-state index >= 15 is 0 Å². The first-order chi connectivity index (χ1) is 6.24. The molecule has 13 heavy (non-hydrogen) atoms. The summed E-state index contributed by atoms with van der Waals surface area (Å²) in [7, 11) is 1.80. The molecule has 0 unspecified atom stereocenters. The molecule has 0 aliphatic heterocycles. The molecule has 0 atom stereocenters. The van der Waals surface area contributed by atoms with E-state index in [1.54, 1.807) is 23.3 Å². The van der Waals surface area contributed by atoms with Crippen LogP contribution >= 0.6 is 22.9 Å². The molecule has 1 heterocycles. The average molecular weight is 218 g/mol. The van der Waals surface area contributed by atoms with Crippen LogP contribution in [0.4, 0.5) is 0 Å². The molecule has 0 saturated heterocycles. The van der Waals surface area contributed by atoms with Crippen LogP contribution in [-0.4, -0.2) is 23.7 Å². The van der Waals surface area contributed by atoms with Gasteiger partial charge in [0, 0.05) is 24.2 Å². The first-order valence-electron chi connectivity index (χ1n) is 4.06. The molecule has 2 nitrogen and oxygen atoms in total. The van der Waals surface area contributed by atoms with Crippen LogP contribution in [-0.2, 0) is 11.3 Å². The van der Waals surface area contributed by atoms with E-state index < -0.39 is 0 Å². The van der Waals surface area contributed by atoms with Gasteiger partial charge in [-0.05, 0) is 11.4 Å². The molecule has 1 aromatic heterocycles. The van der Waals surface area contributed by atoms with Crippen molar-refractivity contribution in [3.63, 3.8) is 0 Å². The summed E-state index contributed by atoms with van der Waals surface area (Å²) < 4.78 is 0. The molecule has 0 aromatic carbocycles. The molecule has 0 radical (unpaired) electrons. The maximum absolute atomic E-state index is 11.3. The monoisotopic (exact) mass is 217 g/mol. The minimum Gasteiger partial charge on any atom is -0.341 e. The molecule has 0 bridgehead atoms. The standard InChI is InChI=1S/C9H12ClNOS/c1-11(9(12)4-5-10)7-8-3-2-6-13-8/h2-3,6H,4-5,7H2,1H3. The summed E-state index contributed by atoms with van der Waals surface area (Å²) in [6, 6.07) is 4.01. The van der Waals surface area contributed by atoms with Crippen molar-refractivity contribution in [1.29, 1.82) is 0 Å². The van der Waals surface area contributed by atoms with Gasteiger partial charge in [-0.2, -0.15) is 0 Å². The molecule has 0 aliphatic carbocycles. The lowest BCUT2D eigenvalue weighted by molar-refractivity contribution is -0.129. The van der Waals surface area contributed by atoms with E-state index in [0.29, 0.717) is 18.8 Å². The van der Waals surface area contributed by atoms with Gasteiger partial charge in [0.25, 0.3) is 0 Å². The highest BCUT2D eigenvalue weighted by atomic mass is 35.5. The summed E-state index contributed by atoms with van der Waals surface area (Å²) in [6.45, 7) is 0.688. The predicted octanol–water partition coefficient (Wildman–Crippen LogP) is 2.34. The minimum absolute atomic E-state index is 0.100. The summed E-state index contributed by atoms with van der Waals surface area (Å²) in [5.74, 6) is 0.497. The van der Waals surface area contributed by atoms with Crippen LogP contribution in [0.25, 0.3) is 0 Å². The molecule has 0 fully saturated rings. The summed E-state index contributed by atoms with van der Waals surface area (Å²) >= 11 is 7.14. The molecule has 72 valence electrons. The highest BCUT2D eigenvalue weighted by Crippen LogP contribution is 2.11. The number of nitrogens with zero attached hydrogens (tertiary/aromatic N) is 1. The quantitative estimate of drug-likeness (QED) is 0.709. The predicted molar refractivity (Wildman–Crippen MR) is 56.1 cm³/mol. The van der Waals surface area contributed by atoms with Gasteiger partial charge < -0.3 is 4.90 Å². The number of amides is 1. The number of carbonyl (C=O) groups excluding carboxylic acids is 1. The number of carbonyl (C=O) groups is 1. The Kier molecular flexibility index (Phi) is 4.25. The van der Waals surface area contributed by atoms with Crippen LogP contribution in [0.5, 0.6) is 0 Å². The van der Waals surface area contributed by atoms with Gasteiger partial charge in [-0.3, -0.25) is 4.79 Å². The van der Waals surface area contributed by atoms with E-state index in [9.17, 15) is 4.79 Å². The molecular weight excluding hydrogens is 206 g/mol. The van der Waals surface area contributed by atoms with Gasteiger partial charge in [-0.15, -0.1) is 22.9 Å². The second kappa shape index (κ2) is 5.25. The Labute approximate surface area is 87.1 Å². The fourth-order valence-corrected chi connectivity index (χ4v) is 1.92. The van der Waals surface area contributed by atoms with Gasteiger partial charge in [-0.1, -0.05) is 6.07 Å². The third-order valence-electron chi connectivity index (χ3n) is 1.71. The van der Waals surface area contributed by atoms with E-state index in [1.807, 2.05) is 17.5 Å². The third-order valence-corrected chi connectivity index (χ3v) is 2.76. The zero-order valence-corrected chi connectivity index (χ0v) is 9.07. The molecule has 1 aromatic rings. The Morgan fingerprint density at radius 3 is 3.00 bits per heavy atom. The smallest absolute Gasteiger partial charge is 0.223 e. The lowest BCUT2D eigenvalue weighted by atomic mass is 10.4. The first-order valence-corrected chi connectivity index (χ1v) is 5.47. The zero-order valence-electron chi connectivity index (χ0n) is 7.50. The van der Waals surface area contributed by atoms with Crippen molar-refractivity contribution in [2.45, 2.75) is 13.0 Å². The van der Waals surface area contributed by atoms with Gasteiger partial charge >= 0.3 is 0 Å². The van der Waals surface area contributed by atoms with Crippen molar-refractivity contribution in [3.05, 3.63) is 22.4 Å². The molecule has 0 spiro atoms. The molecule has 4 heteroatoms. The van der Waals surface area contributed by atoms with Crippen LogP contribution in [0.1, 0.15) is 11.3 Å². The van der Waals surface area contributed by atoms with Gasteiger partial charge in [0.15, 0.2) is 0 Å². The van der Waals surface area contributed by atoms with Crippen molar-refractivity contribution >= 4 is 28.8 Å². The maximum Gasteiger partial charge on any atom is 0.223 e. The second-order valence-corrected chi connectivity index (χ2v) is 4.18. The fraction of sp³-hybridized carbons (Fsp3) is 0.444. The number of halogens is 1. The van der Waals surface area contributed by atoms with Crippen molar-refractivity contribution < 1.29 is 4.79 Å². The van der Waals surface area contributed by atoms with Gasteiger partial charge in [-0.25, -0.2) is 0 Å². The largest absolute Gasteiger partial charge is 0.341 e. The molecule has 1 rings (SSSR count).